The second-order valence-corrected chi connectivity index (χ2v) is 7.78. The van der Waals surface area contributed by atoms with E-state index in [0.717, 1.165) is 52.1 Å². The van der Waals surface area contributed by atoms with E-state index < -0.39 is 0 Å². The second-order valence-electron chi connectivity index (χ2n) is 7.78. The SMILES string of the molecule is CCOC(=O)C1CCCN(C(=O)C(C)N2CCN(CC(C)C)CC2)C1. The van der Waals surface area contributed by atoms with Gasteiger partial charge < -0.3 is 14.5 Å². The van der Waals surface area contributed by atoms with Crippen LogP contribution in [0.25, 0.3) is 0 Å². The minimum Gasteiger partial charge on any atom is -0.466 e. The van der Waals surface area contributed by atoms with Gasteiger partial charge in [0.05, 0.1) is 18.6 Å². The fraction of sp³-hybridized carbons (Fsp3) is 0.895. The number of ether oxygens (including phenoxy) is 1. The molecule has 2 saturated heterocycles. The lowest BCUT2D eigenvalue weighted by Crippen LogP contribution is -2.56. The summed E-state index contributed by atoms with van der Waals surface area (Å²) in [7, 11) is 0. The summed E-state index contributed by atoms with van der Waals surface area (Å²) in [4.78, 5) is 31.5. The van der Waals surface area contributed by atoms with Crippen LogP contribution in [0.3, 0.4) is 0 Å². The molecule has 0 aliphatic carbocycles. The Hall–Kier alpha value is -1.14. The lowest BCUT2D eigenvalue weighted by molar-refractivity contribution is -0.152. The van der Waals surface area contributed by atoms with Crippen LogP contribution in [-0.2, 0) is 14.3 Å². The molecule has 0 aromatic rings. The zero-order valence-electron chi connectivity index (χ0n) is 16.4. The molecule has 0 aromatic heterocycles. The smallest absolute Gasteiger partial charge is 0.310 e. The van der Waals surface area contributed by atoms with E-state index in [1.54, 1.807) is 0 Å². The van der Waals surface area contributed by atoms with Crippen molar-refractivity contribution in [2.45, 2.75) is 46.6 Å². The number of nitrogens with zero attached hydrogens (tertiary/aromatic N) is 3. The van der Waals surface area contributed by atoms with E-state index in [4.69, 9.17) is 4.74 Å². The zero-order chi connectivity index (χ0) is 18.4. The first-order valence-electron chi connectivity index (χ1n) is 9.84. The summed E-state index contributed by atoms with van der Waals surface area (Å²) in [6.07, 6.45) is 1.70. The van der Waals surface area contributed by atoms with Crippen molar-refractivity contribution in [1.29, 1.82) is 0 Å². The van der Waals surface area contributed by atoms with Gasteiger partial charge in [0.1, 0.15) is 0 Å². The van der Waals surface area contributed by atoms with E-state index in [2.05, 4.69) is 23.6 Å². The third-order valence-electron chi connectivity index (χ3n) is 5.29. The number of likely N-dealkylation sites (tertiary alicyclic amines) is 1. The summed E-state index contributed by atoms with van der Waals surface area (Å²) < 4.78 is 5.14. The Morgan fingerprint density at radius 3 is 2.36 bits per heavy atom. The van der Waals surface area contributed by atoms with Crippen molar-refractivity contribution < 1.29 is 14.3 Å². The lowest BCUT2D eigenvalue weighted by atomic mass is 9.97. The highest BCUT2D eigenvalue weighted by Gasteiger charge is 2.33. The van der Waals surface area contributed by atoms with Crippen LogP contribution in [0.5, 0.6) is 0 Å². The van der Waals surface area contributed by atoms with Gasteiger partial charge in [-0.3, -0.25) is 14.5 Å². The van der Waals surface area contributed by atoms with Gasteiger partial charge in [-0.2, -0.15) is 0 Å². The van der Waals surface area contributed by atoms with Crippen LogP contribution in [0, 0.1) is 11.8 Å². The van der Waals surface area contributed by atoms with E-state index in [-0.39, 0.29) is 23.8 Å². The minimum atomic E-state index is -0.160. The summed E-state index contributed by atoms with van der Waals surface area (Å²) in [5.74, 6) is 0.521. The third-order valence-corrected chi connectivity index (χ3v) is 5.29. The van der Waals surface area contributed by atoms with Crippen LogP contribution < -0.4 is 0 Å². The molecule has 0 spiro atoms. The maximum absolute atomic E-state index is 12.9. The third kappa shape index (κ3) is 5.68. The molecule has 2 rings (SSSR count). The molecule has 2 fully saturated rings. The lowest BCUT2D eigenvalue weighted by Gasteiger charge is -2.40. The summed E-state index contributed by atoms with van der Waals surface area (Å²) in [5.41, 5.74) is 0. The molecule has 2 atom stereocenters. The molecule has 0 radical (unpaired) electrons. The first kappa shape index (κ1) is 20.2. The van der Waals surface area contributed by atoms with Crippen molar-refractivity contribution >= 4 is 11.9 Å². The van der Waals surface area contributed by atoms with Crippen LogP contribution in [-0.4, -0.2) is 85.0 Å². The second kappa shape index (κ2) is 9.53. The summed E-state index contributed by atoms with van der Waals surface area (Å²) >= 11 is 0. The Morgan fingerprint density at radius 2 is 1.76 bits per heavy atom. The number of esters is 1. The van der Waals surface area contributed by atoms with Crippen LogP contribution in [0.15, 0.2) is 0 Å². The molecule has 2 aliphatic rings. The van der Waals surface area contributed by atoms with Crippen molar-refractivity contribution in [3.8, 4) is 0 Å². The fourth-order valence-electron chi connectivity index (χ4n) is 3.90. The topological polar surface area (TPSA) is 53.1 Å². The van der Waals surface area contributed by atoms with Gasteiger partial charge in [-0.1, -0.05) is 13.8 Å². The molecule has 0 saturated carbocycles. The Balaban J connectivity index is 1.84. The molecule has 2 aliphatic heterocycles. The molecule has 144 valence electrons. The van der Waals surface area contributed by atoms with Gasteiger partial charge >= 0.3 is 5.97 Å². The van der Waals surface area contributed by atoms with Crippen LogP contribution in [0.4, 0.5) is 0 Å². The van der Waals surface area contributed by atoms with E-state index in [0.29, 0.717) is 19.1 Å². The van der Waals surface area contributed by atoms with Crippen LogP contribution in [0.2, 0.25) is 0 Å². The number of piperidine rings is 1. The number of hydrogen-bond acceptors (Lipinski definition) is 5. The normalized spacial score (nSPS) is 24.4. The summed E-state index contributed by atoms with van der Waals surface area (Å²) in [5, 5.41) is 0. The molecular weight excluding hydrogens is 318 g/mol. The molecule has 0 bridgehead atoms. The zero-order valence-corrected chi connectivity index (χ0v) is 16.4. The Morgan fingerprint density at radius 1 is 1.08 bits per heavy atom. The van der Waals surface area contributed by atoms with Crippen molar-refractivity contribution in [2.24, 2.45) is 11.8 Å². The van der Waals surface area contributed by atoms with Gasteiger partial charge in [-0.15, -0.1) is 0 Å². The average molecular weight is 354 g/mol. The fourth-order valence-corrected chi connectivity index (χ4v) is 3.90. The van der Waals surface area contributed by atoms with Crippen molar-refractivity contribution in [2.75, 3.05) is 52.4 Å². The van der Waals surface area contributed by atoms with Gasteiger partial charge in [0.15, 0.2) is 0 Å². The van der Waals surface area contributed by atoms with Gasteiger partial charge in [-0.25, -0.2) is 0 Å². The van der Waals surface area contributed by atoms with Gasteiger partial charge in [0.2, 0.25) is 5.91 Å². The highest BCUT2D eigenvalue weighted by molar-refractivity contribution is 5.82. The number of hydrogen-bond donors (Lipinski definition) is 0. The first-order chi connectivity index (χ1) is 11.9. The average Bonchev–Trinajstić information content (AvgIpc) is 2.61. The number of carbonyl (C=O) groups is 2. The Labute approximate surface area is 152 Å². The number of amides is 1. The van der Waals surface area contributed by atoms with E-state index in [1.165, 1.54) is 0 Å². The van der Waals surface area contributed by atoms with E-state index >= 15 is 0 Å². The van der Waals surface area contributed by atoms with Gasteiger partial charge in [0, 0.05) is 45.8 Å². The van der Waals surface area contributed by atoms with Crippen LogP contribution >= 0.6 is 0 Å². The highest BCUT2D eigenvalue weighted by Crippen LogP contribution is 2.20. The quantitative estimate of drug-likeness (QED) is 0.677. The minimum absolute atomic E-state index is 0.109. The first-order valence-corrected chi connectivity index (χ1v) is 9.84. The molecule has 6 heteroatoms. The van der Waals surface area contributed by atoms with Crippen molar-refractivity contribution in [1.82, 2.24) is 14.7 Å². The highest BCUT2D eigenvalue weighted by atomic mass is 16.5. The molecule has 1 amide bonds. The summed E-state index contributed by atoms with van der Waals surface area (Å²) in [6.45, 7) is 15.1. The molecule has 2 heterocycles. The van der Waals surface area contributed by atoms with Crippen molar-refractivity contribution in [3.05, 3.63) is 0 Å². The molecular formula is C19H35N3O3. The monoisotopic (exact) mass is 353 g/mol. The van der Waals surface area contributed by atoms with Gasteiger partial charge in [0.25, 0.3) is 0 Å². The number of rotatable bonds is 6. The number of piperazine rings is 1. The maximum Gasteiger partial charge on any atom is 0.310 e. The Kier molecular flexibility index (Phi) is 7.69. The molecule has 0 N–H and O–H groups in total. The van der Waals surface area contributed by atoms with Crippen LogP contribution in [0.1, 0.15) is 40.5 Å². The van der Waals surface area contributed by atoms with Gasteiger partial charge in [-0.05, 0) is 32.6 Å². The largest absolute Gasteiger partial charge is 0.466 e. The summed E-state index contributed by atoms with van der Waals surface area (Å²) in [6, 6.07) is -0.109. The maximum atomic E-state index is 12.9. The van der Waals surface area contributed by atoms with E-state index in [9.17, 15) is 9.59 Å². The molecule has 0 aromatic carbocycles. The standard InChI is InChI=1S/C19H35N3O3/c1-5-25-19(24)17-7-6-8-22(14-17)18(23)16(4)21-11-9-20(10-12-21)13-15(2)3/h15-17H,5-14H2,1-4H3. The molecule has 6 nitrogen and oxygen atoms in total. The molecule has 2 unspecified atom stereocenters. The Bertz CT molecular complexity index is 447. The molecule has 25 heavy (non-hydrogen) atoms. The van der Waals surface area contributed by atoms with Crippen molar-refractivity contribution in [3.63, 3.8) is 0 Å². The number of carbonyl (C=O) groups excluding carboxylic acids is 2. The van der Waals surface area contributed by atoms with E-state index in [1.807, 2.05) is 18.7 Å². The predicted octanol–water partition coefficient (Wildman–Crippen LogP) is 1.45. The predicted molar refractivity (Wildman–Crippen MR) is 98.3 cm³/mol.